The Morgan fingerprint density at radius 2 is 1.89 bits per heavy atom. The summed E-state index contributed by atoms with van der Waals surface area (Å²) in [5.74, 6) is 0.409. The van der Waals surface area contributed by atoms with Crippen LogP contribution in [0.1, 0.15) is 5.56 Å². The maximum Gasteiger partial charge on any atom is 0.146 e. The second-order valence-electron chi connectivity index (χ2n) is 3.74. The predicted molar refractivity (Wildman–Crippen MR) is 76.6 cm³/mol. The number of hydrogen-bond donors (Lipinski definition) is 2. The Balaban J connectivity index is 2.31. The van der Waals surface area contributed by atoms with Crippen molar-refractivity contribution < 1.29 is 9.13 Å². The average molecular weight is 344 g/mol. The Morgan fingerprint density at radius 3 is 2.47 bits per heavy atom. The van der Waals surface area contributed by atoms with Gasteiger partial charge in [0, 0.05) is 5.56 Å². The van der Waals surface area contributed by atoms with Crippen LogP contribution in [0.3, 0.4) is 0 Å². The molecule has 0 spiro atoms. The van der Waals surface area contributed by atoms with Gasteiger partial charge in [-0.1, -0.05) is 11.6 Å². The Labute approximate surface area is 122 Å². The standard InChI is InChI=1S/C13H9BrClFN2O/c14-9-6-8(16)2-4-11(9)19-12-3-1-7(13(17)18)5-10(12)15/h1-6H,(H3,17,18). The molecule has 98 valence electrons. The molecule has 2 aromatic rings. The van der Waals surface area contributed by atoms with E-state index in [2.05, 4.69) is 15.9 Å². The molecule has 2 aromatic carbocycles. The van der Waals surface area contributed by atoms with Crippen LogP contribution in [-0.4, -0.2) is 5.84 Å². The van der Waals surface area contributed by atoms with E-state index in [1.165, 1.54) is 24.3 Å². The molecule has 0 saturated carbocycles. The molecule has 0 fully saturated rings. The van der Waals surface area contributed by atoms with Crippen LogP contribution in [0.5, 0.6) is 11.5 Å². The highest BCUT2D eigenvalue weighted by molar-refractivity contribution is 9.10. The summed E-state index contributed by atoms with van der Waals surface area (Å²) in [6.45, 7) is 0. The first-order valence-electron chi connectivity index (χ1n) is 5.24. The third-order valence-corrected chi connectivity index (χ3v) is 3.27. The van der Waals surface area contributed by atoms with Gasteiger partial charge in [0.25, 0.3) is 0 Å². The van der Waals surface area contributed by atoms with Crippen molar-refractivity contribution in [1.29, 1.82) is 5.41 Å². The summed E-state index contributed by atoms with van der Waals surface area (Å²) in [7, 11) is 0. The topological polar surface area (TPSA) is 59.1 Å². The summed E-state index contributed by atoms with van der Waals surface area (Å²) in [5, 5.41) is 7.63. The lowest BCUT2D eigenvalue weighted by Gasteiger charge is -2.10. The number of nitrogen functional groups attached to an aromatic ring is 1. The molecular formula is C13H9BrClFN2O. The zero-order valence-corrected chi connectivity index (χ0v) is 11.9. The van der Waals surface area contributed by atoms with Crippen molar-refractivity contribution in [2.45, 2.75) is 0 Å². The van der Waals surface area contributed by atoms with Gasteiger partial charge in [0.05, 0.1) is 9.50 Å². The van der Waals surface area contributed by atoms with Crippen LogP contribution in [0.15, 0.2) is 40.9 Å². The number of nitrogens with one attached hydrogen (secondary N) is 1. The first-order chi connectivity index (χ1) is 8.97. The fourth-order valence-electron chi connectivity index (χ4n) is 1.43. The quantitative estimate of drug-likeness (QED) is 0.644. The third kappa shape index (κ3) is 3.24. The monoisotopic (exact) mass is 342 g/mol. The number of benzene rings is 2. The van der Waals surface area contributed by atoms with Gasteiger partial charge in [-0.25, -0.2) is 4.39 Å². The zero-order valence-electron chi connectivity index (χ0n) is 9.58. The van der Waals surface area contributed by atoms with E-state index in [-0.39, 0.29) is 11.7 Å². The normalized spacial score (nSPS) is 10.3. The van der Waals surface area contributed by atoms with Gasteiger partial charge < -0.3 is 10.5 Å². The molecule has 0 bridgehead atoms. The third-order valence-electron chi connectivity index (χ3n) is 2.36. The minimum Gasteiger partial charge on any atom is -0.455 e. The smallest absolute Gasteiger partial charge is 0.146 e. The minimum absolute atomic E-state index is 0.0728. The van der Waals surface area contributed by atoms with Gasteiger partial charge in [-0.05, 0) is 52.3 Å². The molecule has 3 N–H and O–H groups in total. The lowest BCUT2D eigenvalue weighted by Crippen LogP contribution is -2.10. The van der Waals surface area contributed by atoms with E-state index in [0.717, 1.165) is 0 Å². The van der Waals surface area contributed by atoms with Gasteiger partial charge in [-0.3, -0.25) is 5.41 Å². The van der Waals surface area contributed by atoms with Crippen molar-refractivity contribution in [2.24, 2.45) is 5.73 Å². The summed E-state index contributed by atoms with van der Waals surface area (Å²) >= 11 is 9.25. The molecule has 0 aliphatic carbocycles. The molecule has 0 atom stereocenters. The summed E-state index contributed by atoms with van der Waals surface area (Å²) in [4.78, 5) is 0. The van der Waals surface area contributed by atoms with Crippen molar-refractivity contribution >= 4 is 33.4 Å². The van der Waals surface area contributed by atoms with Crippen LogP contribution >= 0.6 is 27.5 Å². The second-order valence-corrected chi connectivity index (χ2v) is 5.00. The Bertz CT molecular complexity index is 649. The first kappa shape index (κ1) is 13.8. The summed E-state index contributed by atoms with van der Waals surface area (Å²) in [5.41, 5.74) is 5.87. The Hall–Kier alpha value is -1.59. The van der Waals surface area contributed by atoms with Gasteiger partial charge in [0.1, 0.15) is 23.2 Å². The van der Waals surface area contributed by atoms with E-state index in [1.54, 1.807) is 12.1 Å². The van der Waals surface area contributed by atoms with Crippen molar-refractivity contribution in [3.63, 3.8) is 0 Å². The van der Waals surface area contributed by atoms with Crippen LogP contribution in [0.25, 0.3) is 0 Å². The van der Waals surface area contributed by atoms with Crippen LogP contribution in [-0.2, 0) is 0 Å². The highest BCUT2D eigenvalue weighted by Crippen LogP contribution is 2.34. The molecule has 0 aliphatic rings. The van der Waals surface area contributed by atoms with Gasteiger partial charge in [0.15, 0.2) is 0 Å². The fourth-order valence-corrected chi connectivity index (χ4v) is 2.08. The largest absolute Gasteiger partial charge is 0.455 e. The molecule has 2 rings (SSSR count). The van der Waals surface area contributed by atoms with Crippen molar-refractivity contribution in [2.75, 3.05) is 0 Å². The molecule has 0 saturated heterocycles. The minimum atomic E-state index is -0.364. The molecule has 0 aliphatic heterocycles. The van der Waals surface area contributed by atoms with E-state index in [4.69, 9.17) is 27.5 Å². The first-order valence-corrected chi connectivity index (χ1v) is 6.41. The van der Waals surface area contributed by atoms with Gasteiger partial charge in [0.2, 0.25) is 0 Å². The maximum absolute atomic E-state index is 13.0. The van der Waals surface area contributed by atoms with Crippen LogP contribution < -0.4 is 10.5 Å². The van der Waals surface area contributed by atoms with E-state index in [9.17, 15) is 4.39 Å². The number of rotatable bonds is 3. The molecule has 0 unspecified atom stereocenters. The average Bonchev–Trinajstić information content (AvgIpc) is 2.34. The van der Waals surface area contributed by atoms with Crippen LogP contribution in [0, 0.1) is 11.2 Å². The lowest BCUT2D eigenvalue weighted by molar-refractivity contribution is 0.477. The molecule has 0 aromatic heterocycles. The van der Waals surface area contributed by atoms with Crippen LogP contribution in [0.2, 0.25) is 5.02 Å². The molecule has 0 heterocycles. The number of ether oxygens (including phenoxy) is 1. The molecule has 0 radical (unpaired) electrons. The summed E-state index contributed by atoms with van der Waals surface area (Å²) < 4.78 is 19.0. The molecule has 0 amide bonds. The Morgan fingerprint density at radius 1 is 1.21 bits per heavy atom. The SMILES string of the molecule is N=C(N)c1ccc(Oc2ccc(F)cc2Br)c(Cl)c1. The number of nitrogens with two attached hydrogens (primary N) is 1. The van der Waals surface area contributed by atoms with Crippen LogP contribution in [0.4, 0.5) is 4.39 Å². The number of amidine groups is 1. The fraction of sp³-hybridized carbons (Fsp3) is 0. The van der Waals surface area contributed by atoms with Crippen molar-refractivity contribution in [1.82, 2.24) is 0 Å². The predicted octanol–water partition coefficient (Wildman–Crippen LogP) is 4.32. The highest BCUT2D eigenvalue weighted by Gasteiger charge is 2.09. The van der Waals surface area contributed by atoms with E-state index >= 15 is 0 Å². The number of halogens is 3. The molecule has 19 heavy (non-hydrogen) atoms. The van der Waals surface area contributed by atoms with E-state index < -0.39 is 0 Å². The second kappa shape index (κ2) is 5.59. The summed E-state index contributed by atoms with van der Waals surface area (Å²) in [6.07, 6.45) is 0. The van der Waals surface area contributed by atoms with Gasteiger partial charge in [-0.2, -0.15) is 0 Å². The summed E-state index contributed by atoms with van der Waals surface area (Å²) in [6, 6.07) is 8.85. The number of hydrogen-bond acceptors (Lipinski definition) is 2. The van der Waals surface area contributed by atoms with Crippen molar-refractivity contribution in [3.05, 3.63) is 57.3 Å². The molecule has 6 heteroatoms. The molecular weight excluding hydrogens is 335 g/mol. The van der Waals surface area contributed by atoms with E-state index in [0.29, 0.717) is 26.6 Å². The van der Waals surface area contributed by atoms with Gasteiger partial charge in [-0.15, -0.1) is 0 Å². The van der Waals surface area contributed by atoms with E-state index in [1.807, 2.05) is 0 Å². The van der Waals surface area contributed by atoms with Gasteiger partial charge >= 0.3 is 0 Å². The molecule has 3 nitrogen and oxygen atoms in total. The highest BCUT2D eigenvalue weighted by atomic mass is 79.9. The lowest BCUT2D eigenvalue weighted by atomic mass is 10.2. The van der Waals surface area contributed by atoms with Crippen molar-refractivity contribution in [3.8, 4) is 11.5 Å². The maximum atomic E-state index is 13.0. The Kier molecular flexibility index (Phi) is 4.07. The zero-order chi connectivity index (χ0) is 14.0.